The van der Waals surface area contributed by atoms with Gasteiger partial charge in [0.15, 0.2) is 0 Å². The van der Waals surface area contributed by atoms with E-state index in [-0.39, 0.29) is 6.10 Å². The number of halogens is 1. The number of anilines is 1. The van der Waals surface area contributed by atoms with Crippen LogP contribution in [0.1, 0.15) is 17.2 Å². The largest absolute Gasteiger partial charge is 0.482 e. The highest BCUT2D eigenvalue weighted by molar-refractivity contribution is 9.10. The molecule has 1 aliphatic rings. The molecule has 0 bridgehead atoms. The predicted octanol–water partition coefficient (Wildman–Crippen LogP) is 4.30. The highest BCUT2D eigenvalue weighted by atomic mass is 79.9. The van der Waals surface area contributed by atoms with Gasteiger partial charge in [-0.25, -0.2) is 0 Å². The van der Waals surface area contributed by atoms with Crippen molar-refractivity contribution in [1.82, 2.24) is 0 Å². The van der Waals surface area contributed by atoms with E-state index in [9.17, 15) is 0 Å². The van der Waals surface area contributed by atoms with Crippen LogP contribution in [0.15, 0.2) is 46.9 Å². The standard InChI is InChI=1S/C15H14BrNO/c1-10-5-6-13-14(7-10)18-15(9-17-13)11-3-2-4-12(16)8-11/h2-8,15,17H,9H2,1H3. The zero-order valence-electron chi connectivity index (χ0n) is 10.1. The van der Waals surface area contributed by atoms with Crippen molar-refractivity contribution < 1.29 is 4.74 Å². The molecule has 2 aromatic carbocycles. The third-order valence-corrected chi connectivity index (χ3v) is 3.60. The van der Waals surface area contributed by atoms with E-state index in [1.165, 1.54) is 11.1 Å². The van der Waals surface area contributed by atoms with Gasteiger partial charge < -0.3 is 10.1 Å². The second kappa shape index (κ2) is 4.65. The van der Waals surface area contributed by atoms with Gasteiger partial charge in [-0.15, -0.1) is 0 Å². The predicted molar refractivity (Wildman–Crippen MR) is 77.2 cm³/mol. The molecule has 0 spiro atoms. The van der Waals surface area contributed by atoms with E-state index in [0.29, 0.717) is 0 Å². The van der Waals surface area contributed by atoms with Crippen molar-refractivity contribution in [1.29, 1.82) is 0 Å². The van der Waals surface area contributed by atoms with Crippen molar-refractivity contribution in [2.45, 2.75) is 13.0 Å². The number of aryl methyl sites for hydroxylation is 1. The van der Waals surface area contributed by atoms with E-state index < -0.39 is 0 Å². The lowest BCUT2D eigenvalue weighted by molar-refractivity contribution is 0.210. The van der Waals surface area contributed by atoms with E-state index >= 15 is 0 Å². The Labute approximate surface area is 115 Å². The molecule has 1 N–H and O–H groups in total. The van der Waals surface area contributed by atoms with Gasteiger partial charge in [0.25, 0.3) is 0 Å². The molecule has 2 nitrogen and oxygen atoms in total. The van der Waals surface area contributed by atoms with Gasteiger partial charge in [0, 0.05) is 4.47 Å². The molecule has 0 fully saturated rings. The molecule has 3 heteroatoms. The molecule has 2 aromatic rings. The van der Waals surface area contributed by atoms with E-state index in [1.807, 2.05) is 12.1 Å². The van der Waals surface area contributed by atoms with Crippen LogP contribution in [0.2, 0.25) is 0 Å². The zero-order valence-corrected chi connectivity index (χ0v) is 11.7. The van der Waals surface area contributed by atoms with Gasteiger partial charge in [0.05, 0.1) is 12.2 Å². The van der Waals surface area contributed by atoms with Crippen LogP contribution >= 0.6 is 15.9 Å². The van der Waals surface area contributed by atoms with Crippen LogP contribution in [0.5, 0.6) is 5.75 Å². The number of fused-ring (bicyclic) bond motifs is 1. The van der Waals surface area contributed by atoms with E-state index in [4.69, 9.17) is 4.74 Å². The van der Waals surface area contributed by atoms with Gasteiger partial charge in [-0.05, 0) is 42.3 Å². The molecule has 0 aliphatic carbocycles. The summed E-state index contributed by atoms with van der Waals surface area (Å²) in [6.45, 7) is 2.87. The summed E-state index contributed by atoms with van der Waals surface area (Å²) in [6.07, 6.45) is 0.0665. The van der Waals surface area contributed by atoms with Crippen LogP contribution in [-0.2, 0) is 0 Å². The SMILES string of the molecule is Cc1ccc2c(c1)OC(c1cccc(Br)c1)CN2. The van der Waals surface area contributed by atoms with E-state index in [2.05, 4.69) is 58.5 Å². The minimum Gasteiger partial charge on any atom is -0.482 e. The highest BCUT2D eigenvalue weighted by Crippen LogP contribution is 2.35. The lowest BCUT2D eigenvalue weighted by Crippen LogP contribution is -2.23. The summed E-state index contributed by atoms with van der Waals surface area (Å²) in [6, 6.07) is 14.5. The van der Waals surface area contributed by atoms with Crippen molar-refractivity contribution in [3.05, 3.63) is 58.1 Å². The summed E-state index contributed by atoms with van der Waals surface area (Å²) in [5.74, 6) is 0.936. The summed E-state index contributed by atoms with van der Waals surface area (Å²) < 4.78 is 7.15. The van der Waals surface area contributed by atoms with Gasteiger partial charge in [-0.1, -0.05) is 34.1 Å². The lowest BCUT2D eigenvalue weighted by Gasteiger charge is -2.28. The van der Waals surface area contributed by atoms with Gasteiger partial charge in [0.2, 0.25) is 0 Å². The third-order valence-electron chi connectivity index (χ3n) is 3.10. The maximum absolute atomic E-state index is 6.07. The second-order valence-corrected chi connectivity index (χ2v) is 5.46. The number of benzene rings is 2. The summed E-state index contributed by atoms with van der Waals surface area (Å²) in [4.78, 5) is 0. The fourth-order valence-electron chi connectivity index (χ4n) is 2.16. The van der Waals surface area contributed by atoms with Gasteiger partial charge in [-0.2, -0.15) is 0 Å². The summed E-state index contributed by atoms with van der Waals surface area (Å²) in [7, 11) is 0. The average Bonchev–Trinajstić information content (AvgIpc) is 2.38. The average molecular weight is 304 g/mol. The number of ether oxygens (including phenoxy) is 1. The van der Waals surface area contributed by atoms with Crippen molar-refractivity contribution in [2.24, 2.45) is 0 Å². The first-order chi connectivity index (χ1) is 8.72. The molecule has 92 valence electrons. The summed E-state index contributed by atoms with van der Waals surface area (Å²) in [5.41, 5.74) is 3.47. The maximum Gasteiger partial charge on any atom is 0.143 e. The second-order valence-electron chi connectivity index (χ2n) is 4.54. The fourth-order valence-corrected chi connectivity index (χ4v) is 2.58. The van der Waals surface area contributed by atoms with Crippen LogP contribution in [0.4, 0.5) is 5.69 Å². The van der Waals surface area contributed by atoms with Crippen LogP contribution in [0, 0.1) is 6.92 Å². The Morgan fingerprint density at radius 3 is 2.94 bits per heavy atom. The highest BCUT2D eigenvalue weighted by Gasteiger charge is 2.20. The van der Waals surface area contributed by atoms with E-state index in [0.717, 1.165) is 22.5 Å². The van der Waals surface area contributed by atoms with Crippen molar-refractivity contribution in [3.63, 3.8) is 0 Å². The molecule has 0 saturated carbocycles. The quantitative estimate of drug-likeness (QED) is 0.848. The molecule has 0 saturated heterocycles. The van der Waals surface area contributed by atoms with Crippen LogP contribution in [0.3, 0.4) is 0 Å². The maximum atomic E-state index is 6.07. The lowest BCUT2D eigenvalue weighted by atomic mass is 10.1. The number of nitrogens with one attached hydrogen (secondary N) is 1. The summed E-state index contributed by atoms with van der Waals surface area (Å²) >= 11 is 3.50. The Hall–Kier alpha value is -1.48. The zero-order chi connectivity index (χ0) is 12.5. The minimum atomic E-state index is 0.0665. The molecule has 1 aliphatic heterocycles. The molecule has 3 rings (SSSR count). The van der Waals surface area contributed by atoms with Crippen molar-refractivity contribution >= 4 is 21.6 Å². The molecule has 1 heterocycles. The Bertz CT molecular complexity index is 582. The van der Waals surface area contributed by atoms with Crippen LogP contribution < -0.4 is 10.1 Å². The Morgan fingerprint density at radius 2 is 2.11 bits per heavy atom. The van der Waals surface area contributed by atoms with Crippen molar-refractivity contribution in [2.75, 3.05) is 11.9 Å². The Kier molecular flexibility index (Phi) is 3.00. The number of hydrogen-bond acceptors (Lipinski definition) is 2. The molecule has 0 amide bonds. The summed E-state index contributed by atoms with van der Waals surface area (Å²) in [5, 5.41) is 3.42. The topological polar surface area (TPSA) is 21.3 Å². The molecule has 1 atom stereocenters. The number of rotatable bonds is 1. The first kappa shape index (κ1) is 11.6. The smallest absolute Gasteiger partial charge is 0.143 e. The van der Waals surface area contributed by atoms with Gasteiger partial charge in [-0.3, -0.25) is 0 Å². The normalized spacial score (nSPS) is 17.6. The van der Waals surface area contributed by atoms with Crippen molar-refractivity contribution in [3.8, 4) is 5.75 Å². The third kappa shape index (κ3) is 2.23. The first-order valence-corrected chi connectivity index (χ1v) is 6.78. The Balaban J connectivity index is 1.90. The molecule has 0 aromatic heterocycles. The molecule has 18 heavy (non-hydrogen) atoms. The molecule has 1 unspecified atom stereocenters. The molecular weight excluding hydrogens is 290 g/mol. The van der Waals surface area contributed by atoms with Gasteiger partial charge >= 0.3 is 0 Å². The fraction of sp³-hybridized carbons (Fsp3) is 0.200. The molecular formula is C15H14BrNO. The number of hydrogen-bond donors (Lipinski definition) is 1. The minimum absolute atomic E-state index is 0.0665. The van der Waals surface area contributed by atoms with Gasteiger partial charge in [0.1, 0.15) is 11.9 Å². The van der Waals surface area contributed by atoms with Crippen LogP contribution in [0.25, 0.3) is 0 Å². The van der Waals surface area contributed by atoms with Crippen LogP contribution in [-0.4, -0.2) is 6.54 Å². The monoisotopic (exact) mass is 303 g/mol. The first-order valence-electron chi connectivity index (χ1n) is 5.99. The Morgan fingerprint density at radius 1 is 1.22 bits per heavy atom. The van der Waals surface area contributed by atoms with E-state index in [1.54, 1.807) is 0 Å². The molecule has 0 radical (unpaired) electrons.